The first-order chi connectivity index (χ1) is 13.8. The fraction of sp³-hybridized carbons (Fsp3) is 0.238. The lowest BCUT2D eigenvalue weighted by Crippen LogP contribution is -2.41. The van der Waals surface area contributed by atoms with E-state index in [1.165, 1.54) is 16.9 Å². The summed E-state index contributed by atoms with van der Waals surface area (Å²) in [4.78, 5) is 24.8. The van der Waals surface area contributed by atoms with E-state index >= 15 is 0 Å². The molecule has 1 unspecified atom stereocenters. The standard InChI is InChI=1S/C21H21ClN2O5/c1-13(25)29-21-19(18(26)12-14-8-10-15(28-3)11-9-14)20(27)24(23(21)2)17-7-5-4-6-16(17)22/h4-11,21,26H,12H2,1-3H3. The molecule has 1 amide bonds. The van der Waals surface area contributed by atoms with Crippen LogP contribution in [0.2, 0.25) is 5.02 Å². The average Bonchev–Trinajstić information content (AvgIpc) is 2.92. The highest BCUT2D eigenvalue weighted by Crippen LogP contribution is 2.35. The number of nitrogens with zero attached hydrogens (tertiary/aromatic N) is 2. The van der Waals surface area contributed by atoms with Crippen LogP contribution in [0.15, 0.2) is 59.9 Å². The highest BCUT2D eigenvalue weighted by molar-refractivity contribution is 6.34. The van der Waals surface area contributed by atoms with E-state index in [4.69, 9.17) is 21.1 Å². The number of allylic oxidation sites excluding steroid dienone is 1. The molecule has 0 radical (unpaired) electrons. The third kappa shape index (κ3) is 4.21. The first kappa shape index (κ1) is 20.7. The molecule has 2 aromatic rings. The fourth-order valence-electron chi connectivity index (χ4n) is 3.15. The Kier molecular flexibility index (Phi) is 6.10. The van der Waals surface area contributed by atoms with Crippen molar-refractivity contribution in [1.82, 2.24) is 5.01 Å². The van der Waals surface area contributed by atoms with Gasteiger partial charge in [-0.3, -0.25) is 9.59 Å². The molecule has 1 aliphatic heterocycles. The van der Waals surface area contributed by atoms with E-state index in [9.17, 15) is 14.7 Å². The number of esters is 1. The summed E-state index contributed by atoms with van der Waals surface area (Å²) in [5.74, 6) is -0.601. The summed E-state index contributed by atoms with van der Waals surface area (Å²) in [5.41, 5.74) is 1.17. The minimum absolute atomic E-state index is 0.0153. The fourth-order valence-corrected chi connectivity index (χ4v) is 3.36. The Hall–Kier alpha value is -3.03. The highest BCUT2D eigenvalue weighted by atomic mass is 35.5. The highest BCUT2D eigenvalue weighted by Gasteiger charge is 2.46. The van der Waals surface area contributed by atoms with Crippen LogP contribution < -0.4 is 9.75 Å². The van der Waals surface area contributed by atoms with Crippen molar-refractivity contribution in [2.24, 2.45) is 0 Å². The molecule has 29 heavy (non-hydrogen) atoms. The second kappa shape index (κ2) is 8.55. The zero-order chi connectivity index (χ0) is 21.1. The summed E-state index contributed by atoms with van der Waals surface area (Å²) < 4.78 is 10.5. The molecule has 7 nitrogen and oxygen atoms in total. The molecular weight excluding hydrogens is 396 g/mol. The molecule has 0 aliphatic carbocycles. The normalized spacial score (nSPS) is 18.7. The summed E-state index contributed by atoms with van der Waals surface area (Å²) in [5, 5.41) is 13.9. The third-order valence-electron chi connectivity index (χ3n) is 4.52. The first-order valence-corrected chi connectivity index (χ1v) is 9.25. The van der Waals surface area contributed by atoms with Gasteiger partial charge in [-0.05, 0) is 29.8 Å². The Bertz CT molecular complexity index is 958. The number of anilines is 1. The molecule has 8 heteroatoms. The van der Waals surface area contributed by atoms with E-state index in [2.05, 4.69) is 0 Å². The van der Waals surface area contributed by atoms with Crippen molar-refractivity contribution in [2.75, 3.05) is 19.2 Å². The predicted molar refractivity (Wildman–Crippen MR) is 109 cm³/mol. The molecule has 0 spiro atoms. The molecular formula is C21H21ClN2O5. The van der Waals surface area contributed by atoms with E-state index in [0.717, 1.165) is 5.56 Å². The van der Waals surface area contributed by atoms with Gasteiger partial charge in [-0.25, -0.2) is 5.01 Å². The van der Waals surface area contributed by atoms with Crippen LogP contribution in [-0.2, 0) is 20.7 Å². The third-order valence-corrected chi connectivity index (χ3v) is 4.84. The lowest BCUT2D eigenvalue weighted by atomic mass is 10.1. The number of carbonyl (C=O) groups is 2. The van der Waals surface area contributed by atoms with Crippen LogP contribution in [-0.4, -0.2) is 42.4 Å². The number of aliphatic hydroxyl groups is 1. The van der Waals surface area contributed by atoms with Crippen LogP contribution >= 0.6 is 11.6 Å². The molecule has 1 saturated heterocycles. The van der Waals surface area contributed by atoms with E-state index in [1.54, 1.807) is 62.7 Å². The Balaban J connectivity index is 2.01. The van der Waals surface area contributed by atoms with Crippen molar-refractivity contribution in [3.8, 4) is 5.75 Å². The van der Waals surface area contributed by atoms with E-state index < -0.39 is 18.1 Å². The van der Waals surface area contributed by atoms with Gasteiger partial charge < -0.3 is 14.6 Å². The number of hydrazine groups is 1. The van der Waals surface area contributed by atoms with Gasteiger partial charge in [0.25, 0.3) is 5.91 Å². The number of aliphatic hydroxyl groups excluding tert-OH is 1. The minimum atomic E-state index is -1.07. The number of amides is 1. The van der Waals surface area contributed by atoms with E-state index in [1.807, 2.05) is 0 Å². The SMILES string of the molecule is COc1ccc(CC(O)=C2C(=O)N(c3ccccc3Cl)N(C)C2OC(C)=O)cc1. The number of carbonyl (C=O) groups excluding carboxylic acids is 2. The molecule has 1 aliphatic rings. The number of para-hydroxylation sites is 1. The summed E-state index contributed by atoms with van der Waals surface area (Å²) in [7, 11) is 3.15. The van der Waals surface area contributed by atoms with Crippen molar-refractivity contribution < 1.29 is 24.2 Å². The Morgan fingerprint density at radius 1 is 1.17 bits per heavy atom. The molecule has 0 saturated carbocycles. The van der Waals surface area contributed by atoms with Gasteiger partial charge in [0, 0.05) is 20.4 Å². The van der Waals surface area contributed by atoms with Crippen LogP contribution in [0.5, 0.6) is 5.75 Å². The Labute approximate surface area is 173 Å². The van der Waals surface area contributed by atoms with E-state index in [-0.39, 0.29) is 17.8 Å². The zero-order valence-electron chi connectivity index (χ0n) is 16.3. The average molecular weight is 417 g/mol. The maximum atomic E-state index is 13.2. The smallest absolute Gasteiger partial charge is 0.304 e. The molecule has 2 aromatic carbocycles. The van der Waals surface area contributed by atoms with Gasteiger partial charge in [-0.1, -0.05) is 35.9 Å². The quantitative estimate of drug-likeness (QED) is 0.456. The first-order valence-electron chi connectivity index (χ1n) is 8.87. The lowest BCUT2D eigenvalue weighted by molar-refractivity contribution is -0.150. The number of hydrogen-bond donors (Lipinski definition) is 1. The number of likely N-dealkylation sites (N-methyl/N-ethyl adjacent to an activating group) is 1. The summed E-state index contributed by atoms with van der Waals surface area (Å²) >= 11 is 6.26. The number of hydrogen-bond acceptors (Lipinski definition) is 6. The minimum Gasteiger partial charge on any atom is -0.511 e. The molecule has 1 N–H and O–H groups in total. The number of rotatable bonds is 5. The molecule has 1 heterocycles. The number of halogens is 1. The van der Waals surface area contributed by atoms with Crippen LogP contribution in [0.3, 0.4) is 0 Å². The second-order valence-corrected chi connectivity index (χ2v) is 6.90. The Morgan fingerprint density at radius 3 is 2.41 bits per heavy atom. The van der Waals surface area contributed by atoms with Crippen LogP contribution in [0.1, 0.15) is 12.5 Å². The predicted octanol–water partition coefficient (Wildman–Crippen LogP) is 3.49. The van der Waals surface area contributed by atoms with Crippen LogP contribution in [0.25, 0.3) is 0 Å². The number of ether oxygens (including phenoxy) is 2. The summed E-state index contributed by atoms with van der Waals surface area (Å²) in [6, 6.07) is 13.9. The van der Waals surface area contributed by atoms with Gasteiger partial charge >= 0.3 is 5.97 Å². The van der Waals surface area contributed by atoms with Gasteiger partial charge in [0.1, 0.15) is 17.1 Å². The second-order valence-electron chi connectivity index (χ2n) is 6.49. The van der Waals surface area contributed by atoms with Gasteiger partial charge in [0.05, 0.1) is 17.8 Å². The van der Waals surface area contributed by atoms with Gasteiger partial charge in [0.2, 0.25) is 6.23 Å². The van der Waals surface area contributed by atoms with Gasteiger partial charge in [0.15, 0.2) is 0 Å². The van der Waals surface area contributed by atoms with Crippen molar-refractivity contribution in [2.45, 2.75) is 19.6 Å². The van der Waals surface area contributed by atoms with E-state index in [0.29, 0.717) is 16.5 Å². The van der Waals surface area contributed by atoms with Crippen molar-refractivity contribution in [3.05, 3.63) is 70.4 Å². The van der Waals surface area contributed by atoms with Crippen molar-refractivity contribution in [3.63, 3.8) is 0 Å². The lowest BCUT2D eigenvalue weighted by Gasteiger charge is -2.27. The monoisotopic (exact) mass is 416 g/mol. The maximum Gasteiger partial charge on any atom is 0.304 e. The van der Waals surface area contributed by atoms with Crippen LogP contribution in [0.4, 0.5) is 5.69 Å². The van der Waals surface area contributed by atoms with Crippen molar-refractivity contribution in [1.29, 1.82) is 0 Å². The summed E-state index contributed by atoms with van der Waals surface area (Å²) in [6.07, 6.45) is -0.984. The largest absolute Gasteiger partial charge is 0.511 e. The van der Waals surface area contributed by atoms with Crippen LogP contribution in [0, 0.1) is 0 Å². The number of benzene rings is 2. The number of methoxy groups -OCH3 is 1. The molecule has 0 bridgehead atoms. The van der Waals surface area contributed by atoms with Gasteiger partial charge in [-0.2, -0.15) is 5.01 Å². The Morgan fingerprint density at radius 2 is 1.83 bits per heavy atom. The zero-order valence-corrected chi connectivity index (χ0v) is 17.0. The summed E-state index contributed by atoms with van der Waals surface area (Å²) in [6.45, 7) is 1.24. The maximum absolute atomic E-state index is 13.2. The van der Waals surface area contributed by atoms with Gasteiger partial charge in [-0.15, -0.1) is 0 Å². The topological polar surface area (TPSA) is 79.3 Å². The molecule has 3 rings (SSSR count). The van der Waals surface area contributed by atoms with Crippen molar-refractivity contribution >= 4 is 29.2 Å². The molecule has 1 atom stereocenters. The molecule has 1 fully saturated rings. The molecule has 0 aromatic heterocycles. The molecule has 152 valence electrons.